The number of carbonyl (C=O) groups is 4. The fourth-order valence-electron chi connectivity index (χ4n) is 2.75. The standard InChI is InChI=1S/C18H26N8O6S/c19-11(1-9-3-20-7-22-9)15(28)25-13(5-27)16(29)26-14(6-33)17(30)24-12(18(31)32)2-10-4-21-8-23-10/h3-4,7-8,11-14,27,33H,1-2,5-6,19H2,(H,20,22)(H,21,23)(H,24,30)(H,25,28)(H,26,29)(H,31,32). The highest BCUT2D eigenvalue weighted by molar-refractivity contribution is 7.80. The number of aromatic nitrogens is 4. The summed E-state index contributed by atoms with van der Waals surface area (Å²) in [5, 5.41) is 25.9. The summed E-state index contributed by atoms with van der Waals surface area (Å²) >= 11 is 4.02. The minimum atomic E-state index is -1.39. The number of rotatable bonds is 13. The third kappa shape index (κ3) is 7.89. The largest absolute Gasteiger partial charge is 0.480 e. The fraction of sp³-hybridized carbons (Fsp3) is 0.444. The summed E-state index contributed by atoms with van der Waals surface area (Å²) in [4.78, 5) is 62.0. The van der Waals surface area contributed by atoms with Gasteiger partial charge in [-0.25, -0.2) is 14.8 Å². The van der Waals surface area contributed by atoms with Gasteiger partial charge in [0, 0.05) is 42.4 Å². The van der Waals surface area contributed by atoms with E-state index in [2.05, 4.69) is 48.5 Å². The number of nitrogens with one attached hydrogen (secondary N) is 5. The van der Waals surface area contributed by atoms with E-state index in [-0.39, 0.29) is 18.6 Å². The SMILES string of the molecule is NC(Cc1cnc[nH]1)C(=O)NC(CO)C(=O)NC(CS)C(=O)NC(Cc1cnc[nH]1)C(=O)O. The van der Waals surface area contributed by atoms with Crippen LogP contribution in [0, 0.1) is 0 Å². The Labute approximate surface area is 193 Å². The van der Waals surface area contributed by atoms with Gasteiger partial charge in [-0.15, -0.1) is 0 Å². The van der Waals surface area contributed by atoms with Crippen molar-refractivity contribution < 1.29 is 29.4 Å². The number of imidazole rings is 2. The number of carbonyl (C=O) groups excluding carboxylic acids is 3. The Morgan fingerprint density at radius 2 is 1.42 bits per heavy atom. The molecule has 0 spiro atoms. The molecule has 9 N–H and O–H groups in total. The first-order valence-corrected chi connectivity index (χ1v) is 10.4. The van der Waals surface area contributed by atoms with E-state index in [4.69, 9.17) is 5.73 Å². The van der Waals surface area contributed by atoms with E-state index in [9.17, 15) is 29.4 Å². The summed E-state index contributed by atoms with van der Waals surface area (Å²) in [5.74, 6) is -3.82. The average Bonchev–Trinajstić information content (AvgIpc) is 3.49. The van der Waals surface area contributed by atoms with Crippen LogP contribution in [0.5, 0.6) is 0 Å². The number of amides is 3. The van der Waals surface area contributed by atoms with E-state index < -0.39 is 54.5 Å². The van der Waals surface area contributed by atoms with Gasteiger partial charge in [0.2, 0.25) is 17.7 Å². The number of H-pyrrole nitrogens is 2. The fourth-order valence-corrected chi connectivity index (χ4v) is 3.01. The van der Waals surface area contributed by atoms with Gasteiger partial charge in [-0.1, -0.05) is 0 Å². The molecule has 0 aromatic carbocycles. The van der Waals surface area contributed by atoms with Gasteiger partial charge >= 0.3 is 5.97 Å². The number of hydrogen-bond donors (Lipinski definition) is 9. The maximum Gasteiger partial charge on any atom is 0.326 e. The van der Waals surface area contributed by atoms with Crippen LogP contribution < -0.4 is 21.7 Å². The van der Waals surface area contributed by atoms with E-state index in [1.165, 1.54) is 25.0 Å². The van der Waals surface area contributed by atoms with Crippen molar-refractivity contribution in [1.82, 2.24) is 35.9 Å². The van der Waals surface area contributed by atoms with Crippen molar-refractivity contribution in [2.75, 3.05) is 12.4 Å². The second kappa shape index (κ2) is 12.6. The number of carboxylic acids is 1. The number of nitrogens with zero attached hydrogens (tertiary/aromatic N) is 2. The molecule has 2 heterocycles. The second-order valence-electron chi connectivity index (χ2n) is 7.06. The minimum absolute atomic E-state index is 0.0577. The molecule has 2 aromatic rings. The highest BCUT2D eigenvalue weighted by atomic mass is 32.1. The molecule has 2 rings (SSSR count). The zero-order chi connectivity index (χ0) is 24.4. The molecule has 0 aliphatic heterocycles. The molecule has 0 aliphatic rings. The molecule has 3 amide bonds. The van der Waals surface area contributed by atoms with Crippen LogP contribution in [-0.2, 0) is 32.0 Å². The van der Waals surface area contributed by atoms with Crippen LogP contribution in [0.15, 0.2) is 25.0 Å². The van der Waals surface area contributed by atoms with Crippen molar-refractivity contribution >= 4 is 36.3 Å². The topological polar surface area (TPSA) is 228 Å². The molecule has 4 atom stereocenters. The molecular weight excluding hydrogens is 456 g/mol. The van der Waals surface area contributed by atoms with Crippen LogP contribution in [0.25, 0.3) is 0 Å². The van der Waals surface area contributed by atoms with Crippen LogP contribution in [0.3, 0.4) is 0 Å². The first kappa shape index (κ1) is 25.8. The third-order valence-corrected chi connectivity index (χ3v) is 4.92. The van der Waals surface area contributed by atoms with Crippen molar-refractivity contribution in [3.05, 3.63) is 36.4 Å². The van der Waals surface area contributed by atoms with Gasteiger partial charge in [-0.3, -0.25) is 14.4 Å². The van der Waals surface area contributed by atoms with Crippen LogP contribution in [-0.4, -0.2) is 90.4 Å². The lowest BCUT2D eigenvalue weighted by Crippen LogP contribution is -2.58. The zero-order valence-corrected chi connectivity index (χ0v) is 18.3. The van der Waals surface area contributed by atoms with Gasteiger partial charge in [0.25, 0.3) is 0 Å². The maximum atomic E-state index is 12.5. The number of aliphatic hydroxyl groups is 1. The zero-order valence-electron chi connectivity index (χ0n) is 17.4. The predicted octanol–water partition coefficient (Wildman–Crippen LogP) is -3.29. The van der Waals surface area contributed by atoms with Crippen molar-refractivity contribution in [1.29, 1.82) is 0 Å². The molecule has 0 aliphatic carbocycles. The van der Waals surface area contributed by atoms with Crippen LogP contribution in [0.4, 0.5) is 0 Å². The van der Waals surface area contributed by atoms with Gasteiger partial charge < -0.3 is 41.9 Å². The lowest BCUT2D eigenvalue weighted by Gasteiger charge is -2.23. The average molecular weight is 483 g/mol. The summed E-state index contributed by atoms with van der Waals surface area (Å²) < 4.78 is 0. The number of hydrogen-bond acceptors (Lipinski definition) is 9. The first-order valence-electron chi connectivity index (χ1n) is 9.80. The van der Waals surface area contributed by atoms with Crippen molar-refractivity contribution in [3.63, 3.8) is 0 Å². The summed E-state index contributed by atoms with van der Waals surface area (Å²) in [6.45, 7) is -0.757. The summed E-state index contributed by atoms with van der Waals surface area (Å²) in [6, 6.07) is -4.92. The quantitative estimate of drug-likeness (QED) is 0.130. The predicted molar refractivity (Wildman–Crippen MR) is 117 cm³/mol. The summed E-state index contributed by atoms with van der Waals surface area (Å²) in [5.41, 5.74) is 6.91. The van der Waals surface area contributed by atoms with E-state index in [0.29, 0.717) is 11.4 Å². The van der Waals surface area contributed by atoms with E-state index in [1.807, 2.05) is 0 Å². The number of aromatic amines is 2. The van der Waals surface area contributed by atoms with Crippen molar-refractivity contribution in [2.45, 2.75) is 37.0 Å². The Kier molecular flexibility index (Phi) is 9.84. The molecule has 0 saturated heterocycles. The van der Waals surface area contributed by atoms with Crippen molar-refractivity contribution in [3.8, 4) is 0 Å². The molecule has 33 heavy (non-hydrogen) atoms. The van der Waals surface area contributed by atoms with E-state index in [0.717, 1.165) is 0 Å². The minimum Gasteiger partial charge on any atom is -0.480 e. The Morgan fingerprint density at radius 3 is 1.91 bits per heavy atom. The van der Waals surface area contributed by atoms with Crippen LogP contribution >= 0.6 is 12.6 Å². The molecule has 0 fully saturated rings. The number of nitrogens with two attached hydrogens (primary N) is 1. The Hall–Kier alpha value is -3.43. The molecule has 2 aromatic heterocycles. The first-order chi connectivity index (χ1) is 15.7. The van der Waals surface area contributed by atoms with Gasteiger partial charge in [-0.2, -0.15) is 12.6 Å². The second-order valence-corrected chi connectivity index (χ2v) is 7.42. The Bertz CT molecular complexity index is 923. The number of aliphatic carboxylic acids is 1. The van der Waals surface area contributed by atoms with Gasteiger partial charge in [0.1, 0.15) is 18.1 Å². The Morgan fingerprint density at radius 1 is 0.909 bits per heavy atom. The number of aliphatic hydroxyl groups excluding tert-OH is 1. The van der Waals surface area contributed by atoms with Crippen LogP contribution in [0.1, 0.15) is 11.4 Å². The normalized spacial score (nSPS) is 14.5. The monoisotopic (exact) mass is 482 g/mol. The molecule has 0 bridgehead atoms. The summed E-state index contributed by atoms with van der Waals surface area (Å²) in [6.07, 6.45) is 5.78. The molecule has 180 valence electrons. The van der Waals surface area contributed by atoms with Crippen LogP contribution in [0.2, 0.25) is 0 Å². The number of thiol groups is 1. The third-order valence-electron chi connectivity index (χ3n) is 4.56. The lowest BCUT2D eigenvalue weighted by molar-refractivity contribution is -0.142. The Balaban J connectivity index is 1.93. The van der Waals surface area contributed by atoms with E-state index >= 15 is 0 Å². The maximum absolute atomic E-state index is 12.5. The lowest BCUT2D eigenvalue weighted by atomic mass is 10.1. The van der Waals surface area contributed by atoms with Gasteiger partial charge in [0.05, 0.1) is 25.3 Å². The number of carboxylic acid groups (broad SMARTS) is 1. The highest BCUT2D eigenvalue weighted by Gasteiger charge is 2.29. The summed E-state index contributed by atoms with van der Waals surface area (Å²) in [7, 11) is 0. The molecule has 15 heteroatoms. The highest BCUT2D eigenvalue weighted by Crippen LogP contribution is 2.01. The molecule has 0 radical (unpaired) electrons. The molecule has 14 nitrogen and oxygen atoms in total. The molecule has 4 unspecified atom stereocenters. The molecule has 0 saturated carbocycles. The van der Waals surface area contributed by atoms with Gasteiger partial charge in [-0.05, 0) is 0 Å². The smallest absolute Gasteiger partial charge is 0.326 e. The van der Waals surface area contributed by atoms with Gasteiger partial charge in [0.15, 0.2) is 0 Å². The molecular formula is C18H26N8O6S. The van der Waals surface area contributed by atoms with Crippen molar-refractivity contribution in [2.24, 2.45) is 5.73 Å². The van der Waals surface area contributed by atoms with E-state index in [1.54, 1.807) is 0 Å².